The average Bonchev–Trinajstić information content (AvgIpc) is 2.41. The molecule has 112 valence electrons. The standard InChI is InChI=1S/C15H24FN3O/c1-19(2)11-5-9-18-15(20)8-10-17-12-13-6-3-4-7-14(13)16/h3-4,6-7,17H,5,8-12H2,1-2H3,(H,18,20). The van der Waals surface area contributed by atoms with E-state index in [1.165, 1.54) is 6.07 Å². The molecular weight excluding hydrogens is 257 g/mol. The van der Waals surface area contributed by atoms with E-state index in [1.807, 2.05) is 14.1 Å². The molecule has 0 fully saturated rings. The molecule has 4 nitrogen and oxygen atoms in total. The van der Waals surface area contributed by atoms with Gasteiger partial charge in [0.25, 0.3) is 0 Å². The Kier molecular flexibility index (Phi) is 7.84. The molecule has 0 unspecified atom stereocenters. The molecule has 0 bridgehead atoms. The first-order chi connectivity index (χ1) is 9.59. The van der Waals surface area contributed by atoms with Gasteiger partial charge in [-0.05, 0) is 33.1 Å². The number of carbonyl (C=O) groups excluding carboxylic acids is 1. The SMILES string of the molecule is CN(C)CCCNC(=O)CCNCc1ccccc1F. The zero-order chi connectivity index (χ0) is 14.8. The molecule has 0 spiro atoms. The highest BCUT2D eigenvalue weighted by Crippen LogP contribution is 2.05. The molecule has 1 aromatic rings. The molecule has 0 aromatic heterocycles. The summed E-state index contributed by atoms with van der Waals surface area (Å²) in [5, 5.41) is 5.94. The van der Waals surface area contributed by atoms with Crippen LogP contribution in [0, 0.1) is 5.82 Å². The van der Waals surface area contributed by atoms with Crippen molar-refractivity contribution in [3.8, 4) is 0 Å². The molecule has 20 heavy (non-hydrogen) atoms. The van der Waals surface area contributed by atoms with Gasteiger partial charge >= 0.3 is 0 Å². The average molecular weight is 281 g/mol. The quantitative estimate of drug-likeness (QED) is 0.672. The van der Waals surface area contributed by atoms with Crippen LogP contribution < -0.4 is 10.6 Å². The molecule has 5 heteroatoms. The molecule has 0 saturated carbocycles. The second-order valence-corrected chi connectivity index (χ2v) is 5.02. The Balaban J connectivity index is 2.06. The Hall–Kier alpha value is -1.46. The lowest BCUT2D eigenvalue weighted by Crippen LogP contribution is -2.29. The van der Waals surface area contributed by atoms with Crippen LogP contribution in [-0.2, 0) is 11.3 Å². The zero-order valence-corrected chi connectivity index (χ0v) is 12.3. The van der Waals surface area contributed by atoms with E-state index in [-0.39, 0.29) is 11.7 Å². The van der Waals surface area contributed by atoms with Gasteiger partial charge in [-0.15, -0.1) is 0 Å². The third-order valence-electron chi connectivity index (χ3n) is 2.91. The molecule has 0 aliphatic carbocycles. The molecule has 0 radical (unpaired) electrons. The third kappa shape index (κ3) is 7.21. The highest BCUT2D eigenvalue weighted by atomic mass is 19.1. The van der Waals surface area contributed by atoms with Gasteiger partial charge in [0.2, 0.25) is 5.91 Å². The second-order valence-electron chi connectivity index (χ2n) is 5.02. The molecule has 0 saturated heterocycles. The van der Waals surface area contributed by atoms with E-state index in [2.05, 4.69) is 15.5 Å². The highest BCUT2D eigenvalue weighted by Gasteiger charge is 2.02. The van der Waals surface area contributed by atoms with Gasteiger partial charge in [-0.2, -0.15) is 0 Å². The van der Waals surface area contributed by atoms with Crippen LogP contribution in [0.15, 0.2) is 24.3 Å². The van der Waals surface area contributed by atoms with Crippen LogP contribution in [0.5, 0.6) is 0 Å². The molecule has 0 atom stereocenters. The Bertz CT molecular complexity index is 410. The second kappa shape index (κ2) is 9.44. The number of benzene rings is 1. The van der Waals surface area contributed by atoms with Crippen LogP contribution in [0.2, 0.25) is 0 Å². The van der Waals surface area contributed by atoms with Crippen LogP contribution in [0.3, 0.4) is 0 Å². The van der Waals surface area contributed by atoms with E-state index in [0.717, 1.165) is 13.0 Å². The van der Waals surface area contributed by atoms with Gasteiger partial charge in [-0.25, -0.2) is 4.39 Å². The third-order valence-corrected chi connectivity index (χ3v) is 2.91. The fourth-order valence-corrected chi connectivity index (χ4v) is 1.78. The van der Waals surface area contributed by atoms with E-state index in [0.29, 0.717) is 31.6 Å². The highest BCUT2D eigenvalue weighted by molar-refractivity contribution is 5.75. The summed E-state index contributed by atoms with van der Waals surface area (Å²) in [4.78, 5) is 13.6. The summed E-state index contributed by atoms with van der Waals surface area (Å²) in [5.41, 5.74) is 0.624. The molecule has 1 amide bonds. The van der Waals surface area contributed by atoms with Crippen molar-refractivity contribution in [3.05, 3.63) is 35.6 Å². The lowest BCUT2D eigenvalue weighted by Gasteiger charge is -2.10. The Morgan fingerprint density at radius 3 is 2.70 bits per heavy atom. The van der Waals surface area contributed by atoms with Crippen molar-refractivity contribution in [2.45, 2.75) is 19.4 Å². The Labute approximate surface area is 120 Å². The van der Waals surface area contributed by atoms with E-state index < -0.39 is 0 Å². The number of rotatable bonds is 9. The summed E-state index contributed by atoms with van der Waals surface area (Å²) in [6.45, 7) is 2.66. The van der Waals surface area contributed by atoms with Crippen LogP contribution in [0.4, 0.5) is 4.39 Å². The fourth-order valence-electron chi connectivity index (χ4n) is 1.78. The molecule has 0 aliphatic heterocycles. The lowest BCUT2D eigenvalue weighted by atomic mass is 10.2. The van der Waals surface area contributed by atoms with E-state index >= 15 is 0 Å². The summed E-state index contributed by atoms with van der Waals surface area (Å²) < 4.78 is 13.3. The smallest absolute Gasteiger partial charge is 0.221 e. The minimum Gasteiger partial charge on any atom is -0.356 e. The van der Waals surface area contributed by atoms with Gasteiger partial charge in [0.05, 0.1) is 0 Å². The largest absolute Gasteiger partial charge is 0.356 e. The van der Waals surface area contributed by atoms with E-state index in [1.54, 1.807) is 18.2 Å². The maximum Gasteiger partial charge on any atom is 0.221 e. The first kappa shape index (κ1) is 16.6. The van der Waals surface area contributed by atoms with Crippen molar-refractivity contribution in [2.75, 3.05) is 33.7 Å². The zero-order valence-electron chi connectivity index (χ0n) is 12.3. The minimum atomic E-state index is -0.215. The van der Waals surface area contributed by atoms with Crippen molar-refractivity contribution >= 4 is 5.91 Å². The number of nitrogens with one attached hydrogen (secondary N) is 2. The number of nitrogens with zero attached hydrogens (tertiary/aromatic N) is 1. The first-order valence-electron chi connectivity index (χ1n) is 6.95. The molecule has 1 aromatic carbocycles. The van der Waals surface area contributed by atoms with Crippen molar-refractivity contribution in [1.29, 1.82) is 0 Å². The number of halogens is 1. The maximum atomic E-state index is 13.3. The monoisotopic (exact) mass is 281 g/mol. The van der Waals surface area contributed by atoms with Crippen molar-refractivity contribution in [3.63, 3.8) is 0 Å². The van der Waals surface area contributed by atoms with Crippen LogP contribution in [0.1, 0.15) is 18.4 Å². The summed E-state index contributed by atoms with van der Waals surface area (Å²) in [5.74, 6) is -0.182. The van der Waals surface area contributed by atoms with Gasteiger partial charge < -0.3 is 15.5 Å². The van der Waals surface area contributed by atoms with Crippen LogP contribution >= 0.6 is 0 Å². The maximum absolute atomic E-state index is 13.3. The fraction of sp³-hybridized carbons (Fsp3) is 0.533. The normalized spacial score (nSPS) is 10.8. The lowest BCUT2D eigenvalue weighted by molar-refractivity contribution is -0.121. The Morgan fingerprint density at radius 1 is 1.25 bits per heavy atom. The summed E-state index contributed by atoms with van der Waals surface area (Å²) >= 11 is 0. The van der Waals surface area contributed by atoms with Crippen LogP contribution in [-0.4, -0.2) is 44.5 Å². The molecule has 0 heterocycles. The van der Waals surface area contributed by atoms with Gasteiger partial charge in [0.1, 0.15) is 5.82 Å². The van der Waals surface area contributed by atoms with Crippen LogP contribution in [0.25, 0.3) is 0 Å². The topological polar surface area (TPSA) is 44.4 Å². The number of hydrogen-bond donors (Lipinski definition) is 2. The number of hydrogen-bond acceptors (Lipinski definition) is 3. The molecule has 2 N–H and O–H groups in total. The predicted octanol–water partition coefficient (Wildman–Crippen LogP) is 1.37. The molecular formula is C15H24FN3O. The van der Waals surface area contributed by atoms with Gasteiger partial charge in [0, 0.05) is 31.6 Å². The van der Waals surface area contributed by atoms with E-state index in [9.17, 15) is 9.18 Å². The van der Waals surface area contributed by atoms with Crippen molar-refractivity contribution in [2.24, 2.45) is 0 Å². The first-order valence-corrected chi connectivity index (χ1v) is 6.95. The number of amides is 1. The van der Waals surface area contributed by atoms with Gasteiger partial charge in [-0.1, -0.05) is 18.2 Å². The van der Waals surface area contributed by atoms with Crippen molar-refractivity contribution in [1.82, 2.24) is 15.5 Å². The van der Waals surface area contributed by atoms with E-state index in [4.69, 9.17) is 0 Å². The van der Waals surface area contributed by atoms with Gasteiger partial charge in [-0.3, -0.25) is 4.79 Å². The predicted molar refractivity (Wildman–Crippen MR) is 78.9 cm³/mol. The summed E-state index contributed by atoms with van der Waals surface area (Å²) in [7, 11) is 4.02. The summed E-state index contributed by atoms with van der Waals surface area (Å²) in [6.07, 6.45) is 1.36. The van der Waals surface area contributed by atoms with Gasteiger partial charge in [0.15, 0.2) is 0 Å². The molecule has 1 rings (SSSR count). The number of carbonyl (C=O) groups is 1. The summed E-state index contributed by atoms with van der Waals surface area (Å²) in [6, 6.07) is 6.65. The minimum absolute atomic E-state index is 0.0322. The Morgan fingerprint density at radius 2 is 2.00 bits per heavy atom. The molecule has 0 aliphatic rings. The van der Waals surface area contributed by atoms with Crippen molar-refractivity contribution < 1.29 is 9.18 Å².